The minimum Gasteiger partial charge on any atom is -0.481 e. The molecule has 1 N–H and O–H groups in total. The normalized spacial score (nSPS) is 18.5. The number of hydrogen-bond acceptors (Lipinski definition) is 5. The molecule has 1 aromatic heterocycles. The minimum atomic E-state index is -0.742. The second-order valence-corrected chi connectivity index (χ2v) is 6.09. The lowest BCUT2D eigenvalue weighted by atomic mass is 10.1. The van der Waals surface area contributed by atoms with Gasteiger partial charge in [0.15, 0.2) is 5.82 Å². The highest BCUT2D eigenvalue weighted by Gasteiger charge is 2.25. The van der Waals surface area contributed by atoms with E-state index in [1.165, 1.54) is 0 Å². The summed E-state index contributed by atoms with van der Waals surface area (Å²) in [6.07, 6.45) is 1.99. The van der Waals surface area contributed by atoms with E-state index in [0.29, 0.717) is 6.54 Å². The van der Waals surface area contributed by atoms with E-state index in [1.54, 1.807) is 6.20 Å². The Balaban J connectivity index is 1.70. The van der Waals surface area contributed by atoms with Crippen molar-refractivity contribution >= 4 is 11.8 Å². The largest absolute Gasteiger partial charge is 0.481 e. The maximum absolute atomic E-state index is 10.7. The first-order chi connectivity index (χ1) is 11.6. The molecular weight excluding hydrogens is 304 g/mol. The molecule has 0 amide bonds. The Labute approximate surface area is 141 Å². The molecule has 1 fully saturated rings. The van der Waals surface area contributed by atoms with Crippen LogP contribution in [0.25, 0.3) is 11.4 Å². The molecular formula is C18H22N4O2. The maximum atomic E-state index is 10.7. The van der Waals surface area contributed by atoms with Crippen LogP contribution in [0.3, 0.4) is 0 Å². The van der Waals surface area contributed by atoms with Crippen molar-refractivity contribution in [1.29, 1.82) is 0 Å². The van der Waals surface area contributed by atoms with Crippen molar-refractivity contribution in [3.8, 4) is 11.4 Å². The number of piperazine rings is 1. The number of carboxylic acid groups (broad SMARTS) is 1. The summed E-state index contributed by atoms with van der Waals surface area (Å²) in [7, 11) is 0. The van der Waals surface area contributed by atoms with E-state index in [4.69, 9.17) is 10.1 Å². The van der Waals surface area contributed by atoms with Gasteiger partial charge in [-0.2, -0.15) is 0 Å². The van der Waals surface area contributed by atoms with Crippen molar-refractivity contribution in [1.82, 2.24) is 14.9 Å². The van der Waals surface area contributed by atoms with Crippen LogP contribution in [-0.4, -0.2) is 58.2 Å². The molecule has 0 spiro atoms. The van der Waals surface area contributed by atoms with Gasteiger partial charge in [-0.1, -0.05) is 30.3 Å². The lowest BCUT2D eigenvalue weighted by Crippen LogP contribution is -2.52. The molecule has 24 heavy (non-hydrogen) atoms. The molecule has 1 aliphatic heterocycles. The third kappa shape index (κ3) is 3.89. The molecule has 2 aromatic rings. The van der Waals surface area contributed by atoms with E-state index < -0.39 is 5.97 Å². The van der Waals surface area contributed by atoms with E-state index in [2.05, 4.69) is 21.7 Å². The van der Waals surface area contributed by atoms with Crippen LogP contribution in [0.2, 0.25) is 0 Å². The fourth-order valence-electron chi connectivity index (χ4n) is 3.07. The van der Waals surface area contributed by atoms with Gasteiger partial charge in [0.25, 0.3) is 0 Å². The number of nitrogens with zero attached hydrogens (tertiary/aromatic N) is 4. The summed E-state index contributed by atoms with van der Waals surface area (Å²) in [4.78, 5) is 24.3. The Kier molecular flexibility index (Phi) is 5.05. The van der Waals surface area contributed by atoms with Crippen molar-refractivity contribution in [2.24, 2.45) is 0 Å². The molecule has 1 saturated heterocycles. The van der Waals surface area contributed by atoms with Gasteiger partial charge in [0.05, 0.1) is 6.42 Å². The summed E-state index contributed by atoms with van der Waals surface area (Å²) in [6, 6.07) is 12.2. The van der Waals surface area contributed by atoms with E-state index in [9.17, 15) is 4.79 Å². The predicted octanol–water partition coefficient (Wildman–Crippen LogP) is 2.13. The van der Waals surface area contributed by atoms with E-state index >= 15 is 0 Å². The van der Waals surface area contributed by atoms with Gasteiger partial charge < -0.3 is 10.0 Å². The zero-order chi connectivity index (χ0) is 16.9. The molecule has 0 bridgehead atoms. The van der Waals surface area contributed by atoms with Crippen molar-refractivity contribution in [3.63, 3.8) is 0 Å². The highest BCUT2D eigenvalue weighted by Crippen LogP contribution is 2.21. The highest BCUT2D eigenvalue weighted by molar-refractivity contribution is 5.66. The second-order valence-electron chi connectivity index (χ2n) is 6.09. The van der Waals surface area contributed by atoms with Crippen LogP contribution in [0.4, 0.5) is 5.82 Å². The molecule has 0 saturated carbocycles. The van der Waals surface area contributed by atoms with Crippen molar-refractivity contribution < 1.29 is 9.90 Å². The number of carboxylic acids is 1. The van der Waals surface area contributed by atoms with E-state index in [0.717, 1.165) is 36.8 Å². The zero-order valence-corrected chi connectivity index (χ0v) is 13.8. The summed E-state index contributed by atoms with van der Waals surface area (Å²) < 4.78 is 0. The summed E-state index contributed by atoms with van der Waals surface area (Å²) in [6.45, 7) is 5.29. The Morgan fingerprint density at radius 3 is 2.75 bits per heavy atom. The average molecular weight is 326 g/mol. The van der Waals surface area contributed by atoms with Crippen molar-refractivity contribution in [2.45, 2.75) is 19.4 Å². The van der Waals surface area contributed by atoms with Gasteiger partial charge in [0.2, 0.25) is 0 Å². The van der Waals surface area contributed by atoms with E-state index in [-0.39, 0.29) is 12.5 Å². The lowest BCUT2D eigenvalue weighted by molar-refractivity contribution is -0.137. The van der Waals surface area contributed by atoms with Gasteiger partial charge in [-0.25, -0.2) is 9.97 Å². The average Bonchev–Trinajstić information content (AvgIpc) is 2.61. The molecule has 1 aromatic carbocycles. The number of carbonyl (C=O) groups is 1. The Morgan fingerprint density at radius 2 is 2.04 bits per heavy atom. The Hall–Kier alpha value is -2.47. The summed E-state index contributed by atoms with van der Waals surface area (Å²) in [5.41, 5.74) is 1.01. The van der Waals surface area contributed by atoms with Crippen LogP contribution < -0.4 is 4.90 Å². The van der Waals surface area contributed by atoms with Gasteiger partial charge >= 0.3 is 5.97 Å². The first-order valence-electron chi connectivity index (χ1n) is 8.23. The molecule has 0 aliphatic carbocycles. The van der Waals surface area contributed by atoms with Crippen molar-refractivity contribution in [3.05, 3.63) is 42.6 Å². The van der Waals surface area contributed by atoms with Gasteiger partial charge in [-0.15, -0.1) is 0 Å². The standard InChI is InChI=1S/C18H22N4O2/c1-14-13-21(10-8-17(23)24)11-12-22(14)16-7-9-19-18(20-16)15-5-3-2-4-6-15/h2-7,9,14H,8,10-13H2,1H3,(H,23,24). The third-order valence-electron chi connectivity index (χ3n) is 4.32. The zero-order valence-electron chi connectivity index (χ0n) is 13.8. The number of rotatable bonds is 5. The fraction of sp³-hybridized carbons (Fsp3) is 0.389. The molecule has 1 unspecified atom stereocenters. The first-order valence-corrected chi connectivity index (χ1v) is 8.23. The van der Waals surface area contributed by atoms with Gasteiger partial charge in [0.1, 0.15) is 5.82 Å². The fourth-order valence-corrected chi connectivity index (χ4v) is 3.07. The number of aromatic nitrogens is 2. The highest BCUT2D eigenvalue weighted by atomic mass is 16.4. The summed E-state index contributed by atoms with van der Waals surface area (Å²) in [5, 5.41) is 8.82. The summed E-state index contributed by atoms with van der Waals surface area (Å²) >= 11 is 0. The van der Waals surface area contributed by atoms with Crippen LogP contribution in [0.1, 0.15) is 13.3 Å². The number of anilines is 1. The van der Waals surface area contributed by atoms with Gasteiger partial charge in [-0.05, 0) is 13.0 Å². The molecule has 1 atom stereocenters. The Bertz CT molecular complexity index is 692. The monoisotopic (exact) mass is 326 g/mol. The smallest absolute Gasteiger partial charge is 0.304 e. The Morgan fingerprint density at radius 1 is 1.25 bits per heavy atom. The molecule has 6 heteroatoms. The van der Waals surface area contributed by atoms with Crippen LogP contribution in [0.5, 0.6) is 0 Å². The van der Waals surface area contributed by atoms with Gasteiger partial charge in [0, 0.05) is 44.0 Å². The number of benzene rings is 1. The topological polar surface area (TPSA) is 69.6 Å². The number of aliphatic carboxylic acids is 1. The van der Waals surface area contributed by atoms with Crippen LogP contribution in [-0.2, 0) is 4.79 Å². The lowest BCUT2D eigenvalue weighted by Gasteiger charge is -2.40. The molecule has 126 valence electrons. The molecule has 0 radical (unpaired) electrons. The molecule has 6 nitrogen and oxygen atoms in total. The van der Waals surface area contributed by atoms with Crippen LogP contribution in [0, 0.1) is 0 Å². The molecule has 2 heterocycles. The van der Waals surface area contributed by atoms with Crippen LogP contribution in [0.15, 0.2) is 42.6 Å². The minimum absolute atomic E-state index is 0.193. The third-order valence-corrected chi connectivity index (χ3v) is 4.32. The van der Waals surface area contributed by atoms with E-state index in [1.807, 2.05) is 36.4 Å². The van der Waals surface area contributed by atoms with Crippen molar-refractivity contribution in [2.75, 3.05) is 31.1 Å². The summed E-state index contributed by atoms with van der Waals surface area (Å²) in [5.74, 6) is 0.913. The number of hydrogen-bond donors (Lipinski definition) is 1. The SMILES string of the molecule is CC1CN(CCC(=O)O)CCN1c1ccnc(-c2ccccc2)n1. The second kappa shape index (κ2) is 7.40. The molecule has 1 aliphatic rings. The van der Waals surface area contributed by atoms with Gasteiger partial charge in [-0.3, -0.25) is 9.69 Å². The molecule has 3 rings (SSSR count). The van der Waals surface area contributed by atoms with Crippen LogP contribution >= 0.6 is 0 Å². The quantitative estimate of drug-likeness (QED) is 0.908. The maximum Gasteiger partial charge on any atom is 0.304 e. The first kappa shape index (κ1) is 16.4. The predicted molar refractivity (Wildman–Crippen MR) is 93.0 cm³/mol.